The molecule has 0 radical (unpaired) electrons. The van der Waals surface area contributed by atoms with Crippen LogP contribution < -0.4 is 5.32 Å². The monoisotopic (exact) mass is 442 g/mol. The summed E-state index contributed by atoms with van der Waals surface area (Å²) in [5.74, 6) is -0.124. The van der Waals surface area contributed by atoms with Crippen molar-refractivity contribution in [2.75, 3.05) is 5.32 Å². The van der Waals surface area contributed by atoms with Crippen molar-refractivity contribution in [1.82, 2.24) is 14.8 Å². The van der Waals surface area contributed by atoms with Gasteiger partial charge in [0.2, 0.25) is 0 Å². The molecule has 1 N–H and O–H groups in total. The molecule has 0 bridgehead atoms. The highest BCUT2D eigenvalue weighted by molar-refractivity contribution is 7.13. The summed E-state index contributed by atoms with van der Waals surface area (Å²) in [6, 6.07) is 14.2. The molecule has 2 aromatic heterocycles. The first-order valence-electron chi connectivity index (χ1n) is 9.29. The van der Waals surface area contributed by atoms with Gasteiger partial charge in [-0.05, 0) is 44.2 Å². The smallest absolute Gasteiger partial charge is 0.306 e. The maximum absolute atomic E-state index is 13.5. The van der Waals surface area contributed by atoms with Crippen LogP contribution in [0.3, 0.4) is 0 Å². The van der Waals surface area contributed by atoms with Crippen LogP contribution in [0.2, 0.25) is 0 Å². The molecule has 2 heterocycles. The van der Waals surface area contributed by atoms with E-state index in [1.54, 1.807) is 30.0 Å². The summed E-state index contributed by atoms with van der Waals surface area (Å²) in [5.41, 5.74) is 1.19. The Labute approximate surface area is 180 Å². The number of alkyl halides is 3. The van der Waals surface area contributed by atoms with E-state index in [0.29, 0.717) is 17.2 Å². The number of rotatable bonds is 4. The number of hydrogen-bond donors (Lipinski definition) is 1. The van der Waals surface area contributed by atoms with E-state index in [4.69, 9.17) is 0 Å². The fourth-order valence-corrected chi connectivity index (χ4v) is 3.96. The summed E-state index contributed by atoms with van der Waals surface area (Å²) in [4.78, 5) is 17.1. The van der Waals surface area contributed by atoms with Gasteiger partial charge in [-0.25, -0.2) is 9.67 Å². The van der Waals surface area contributed by atoms with Crippen LogP contribution >= 0.6 is 11.3 Å². The Balaban J connectivity index is 1.71. The number of benzene rings is 2. The largest absolute Gasteiger partial charge is 0.417 e. The van der Waals surface area contributed by atoms with Crippen LogP contribution in [0.5, 0.6) is 0 Å². The molecule has 5 nitrogen and oxygen atoms in total. The molecule has 0 saturated carbocycles. The third-order valence-corrected chi connectivity index (χ3v) is 5.50. The summed E-state index contributed by atoms with van der Waals surface area (Å²) in [5, 5.41) is 9.02. The second-order valence-corrected chi connectivity index (χ2v) is 7.78. The lowest BCUT2D eigenvalue weighted by molar-refractivity contribution is -0.137. The van der Waals surface area contributed by atoms with Crippen LogP contribution in [0.25, 0.3) is 16.3 Å². The molecule has 31 heavy (non-hydrogen) atoms. The number of thiazole rings is 1. The van der Waals surface area contributed by atoms with E-state index in [1.807, 2.05) is 30.3 Å². The number of para-hydroxylation sites is 1. The summed E-state index contributed by atoms with van der Waals surface area (Å²) in [6.07, 6.45) is -4.56. The van der Waals surface area contributed by atoms with Crippen molar-refractivity contribution < 1.29 is 18.0 Å². The van der Waals surface area contributed by atoms with E-state index >= 15 is 0 Å². The molecule has 4 aromatic rings. The zero-order valence-electron chi connectivity index (χ0n) is 16.6. The molecule has 0 aliphatic rings. The third-order valence-electron chi connectivity index (χ3n) is 4.51. The zero-order chi connectivity index (χ0) is 22.2. The van der Waals surface area contributed by atoms with Gasteiger partial charge in [-0.1, -0.05) is 18.2 Å². The van der Waals surface area contributed by atoms with Crippen LogP contribution in [0.4, 0.5) is 19.0 Å². The highest BCUT2D eigenvalue weighted by Crippen LogP contribution is 2.38. The van der Waals surface area contributed by atoms with Crippen LogP contribution in [0.15, 0.2) is 60.0 Å². The third kappa shape index (κ3) is 4.36. The molecule has 0 atom stereocenters. The lowest BCUT2D eigenvalue weighted by atomic mass is 10.0. The predicted molar refractivity (Wildman–Crippen MR) is 114 cm³/mol. The maximum Gasteiger partial charge on any atom is 0.417 e. The van der Waals surface area contributed by atoms with Crippen LogP contribution in [-0.2, 0) is 6.18 Å². The van der Waals surface area contributed by atoms with E-state index < -0.39 is 17.6 Å². The number of nitrogens with zero attached hydrogens (tertiary/aromatic N) is 3. The highest BCUT2D eigenvalue weighted by atomic mass is 32.1. The van der Waals surface area contributed by atoms with Gasteiger partial charge in [0.1, 0.15) is 10.8 Å². The van der Waals surface area contributed by atoms with Crippen molar-refractivity contribution in [2.45, 2.75) is 20.0 Å². The average Bonchev–Trinajstić information content (AvgIpc) is 3.33. The van der Waals surface area contributed by atoms with Gasteiger partial charge in [0, 0.05) is 28.3 Å². The fourth-order valence-electron chi connectivity index (χ4n) is 3.13. The van der Waals surface area contributed by atoms with Gasteiger partial charge in [0.05, 0.1) is 16.9 Å². The van der Waals surface area contributed by atoms with Crippen molar-refractivity contribution in [2.24, 2.45) is 0 Å². The first-order chi connectivity index (χ1) is 14.7. The van der Waals surface area contributed by atoms with Crippen molar-refractivity contribution in [3.8, 4) is 16.3 Å². The van der Waals surface area contributed by atoms with E-state index in [9.17, 15) is 18.0 Å². The minimum atomic E-state index is -4.56. The highest BCUT2D eigenvalue weighted by Gasteiger charge is 2.35. The molecular formula is C22H17F3N4OS. The number of aryl methyl sites for hydroxylation is 2. The number of amides is 1. The number of carbonyl (C=O) groups is 1. The average molecular weight is 442 g/mol. The fraction of sp³-hybridized carbons (Fsp3) is 0.136. The Morgan fingerprint density at radius 1 is 1.03 bits per heavy atom. The number of halogens is 3. The summed E-state index contributed by atoms with van der Waals surface area (Å²) >= 11 is 1.10. The molecule has 9 heteroatoms. The minimum absolute atomic E-state index is 0.0920. The second-order valence-electron chi connectivity index (χ2n) is 6.92. The summed E-state index contributed by atoms with van der Waals surface area (Å²) in [7, 11) is 0. The number of nitrogens with one attached hydrogen (secondary N) is 1. The number of hydrogen-bond acceptors (Lipinski definition) is 4. The summed E-state index contributed by atoms with van der Waals surface area (Å²) in [6.45, 7) is 3.49. The quantitative estimate of drug-likeness (QED) is 0.429. The SMILES string of the molecule is Cc1csc(-c2cc(C(=O)Nc3cc(C)nn3-c3ccccc3)ccc2C(F)(F)F)n1. The Bertz CT molecular complexity index is 1250. The van der Waals surface area contributed by atoms with Gasteiger partial charge < -0.3 is 5.32 Å². The first-order valence-corrected chi connectivity index (χ1v) is 10.2. The Morgan fingerprint density at radius 2 is 1.77 bits per heavy atom. The molecule has 158 valence electrons. The predicted octanol–water partition coefficient (Wildman–Crippen LogP) is 5.88. The number of anilines is 1. The summed E-state index contributed by atoms with van der Waals surface area (Å²) < 4.78 is 42.2. The number of carbonyl (C=O) groups excluding carboxylic acids is 1. The molecule has 2 aromatic carbocycles. The minimum Gasteiger partial charge on any atom is -0.306 e. The molecule has 0 aliphatic heterocycles. The number of aromatic nitrogens is 3. The Kier molecular flexibility index (Phi) is 5.36. The molecule has 0 aliphatic carbocycles. The van der Waals surface area contributed by atoms with Gasteiger partial charge >= 0.3 is 6.18 Å². The Hall–Kier alpha value is -3.46. The van der Waals surface area contributed by atoms with E-state index in [1.165, 1.54) is 6.07 Å². The van der Waals surface area contributed by atoms with Gasteiger partial charge in [-0.2, -0.15) is 18.3 Å². The van der Waals surface area contributed by atoms with E-state index in [0.717, 1.165) is 29.2 Å². The van der Waals surface area contributed by atoms with Gasteiger partial charge in [0.15, 0.2) is 0 Å². The van der Waals surface area contributed by atoms with Gasteiger partial charge in [0.25, 0.3) is 5.91 Å². The Morgan fingerprint density at radius 3 is 2.42 bits per heavy atom. The molecule has 4 rings (SSSR count). The van der Waals surface area contributed by atoms with Crippen LogP contribution in [0.1, 0.15) is 27.3 Å². The maximum atomic E-state index is 13.5. The molecule has 0 spiro atoms. The van der Waals surface area contributed by atoms with Gasteiger partial charge in [-0.3, -0.25) is 4.79 Å². The van der Waals surface area contributed by atoms with Crippen molar-refractivity contribution >= 4 is 23.1 Å². The van der Waals surface area contributed by atoms with Gasteiger partial charge in [-0.15, -0.1) is 11.3 Å². The van der Waals surface area contributed by atoms with Crippen LogP contribution in [-0.4, -0.2) is 20.7 Å². The van der Waals surface area contributed by atoms with Crippen molar-refractivity contribution in [1.29, 1.82) is 0 Å². The zero-order valence-corrected chi connectivity index (χ0v) is 17.4. The molecule has 0 saturated heterocycles. The van der Waals surface area contributed by atoms with Crippen molar-refractivity contribution in [3.05, 3.63) is 82.5 Å². The van der Waals surface area contributed by atoms with Crippen LogP contribution in [0, 0.1) is 13.8 Å². The molecular weight excluding hydrogens is 425 g/mol. The second kappa shape index (κ2) is 7.99. The lowest BCUT2D eigenvalue weighted by Gasteiger charge is -2.13. The first kappa shape index (κ1) is 20.8. The topological polar surface area (TPSA) is 59.8 Å². The normalized spacial score (nSPS) is 11.5. The molecule has 0 unspecified atom stereocenters. The molecule has 0 fully saturated rings. The van der Waals surface area contributed by atoms with E-state index in [-0.39, 0.29) is 16.1 Å². The van der Waals surface area contributed by atoms with E-state index in [2.05, 4.69) is 15.4 Å². The van der Waals surface area contributed by atoms with Crippen molar-refractivity contribution in [3.63, 3.8) is 0 Å². The molecule has 1 amide bonds. The lowest BCUT2D eigenvalue weighted by Crippen LogP contribution is -2.16. The standard InChI is InChI=1S/C22H17F3N4OS/c1-13-10-19(29(28-13)16-6-4-3-5-7-16)27-20(30)15-8-9-18(22(23,24)25)17(11-15)21-26-14(2)12-31-21/h3-12H,1-2H3,(H,27,30).